The third kappa shape index (κ3) is 4.72. The topological polar surface area (TPSA) is 104 Å². The quantitative estimate of drug-likeness (QED) is 0.291. The summed E-state index contributed by atoms with van der Waals surface area (Å²) in [7, 11) is 0. The lowest BCUT2D eigenvalue weighted by molar-refractivity contribution is 0.527. The van der Waals surface area contributed by atoms with E-state index in [0.29, 0.717) is 29.4 Å². The Kier molecular flexibility index (Phi) is 6.67. The number of hydrogen-bond acceptors (Lipinski definition) is 8. The van der Waals surface area contributed by atoms with Crippen molar-refractivity contribution in [1.82, 2.24) is 10.2 Å². The molecule has 0 fully saturated rings. The Morgan fingerprint density at radius 1 is 1.21 bits per heavy atom. The maximum atomic E-state index is 14.7. The molecule has 2 aromatic carbocycles. The number of hydrogen-bond donors (Lipinski definition) is 1. The van der Waals surface area contributed by atoms with E-state index < -0.39 is 16.5 Å². The van der Waals surface area contributed by atoms with Gasteiger partial charge >= 0.3 is 0 Å². The summed E-state index contributed by atoms with van der Waals surface area (Å²) in [5, 5.41) is 25.2. The van der Waals surface area contributed by atoms with E-state index in [4.69, 9.17) is 16.1 Å². The number of rotatable bonds is 7. The van der Waals surface area contributed by atoms with Crippen molar-refractivity contribution in [2.45, 2.75) is 31.1 Å². The van der Waals surface area contributed by atoms with Gasteiger partial charge in [-0.3, -0.25) is 0 Å². The minimum absolute atomic E-state index is 0.0783. The Balaban J connectivity index is 1.81. The van der Waals surface area contributed by atoms with E-state index in [1.54, 1.807) is 11.2 Å². The van der Waals surface area contributed by atoms with Crippen molar-refractivity contribution in [2.75, 3.05) is 5.01 Å². The van der Waals surface area contributed by atoms with Gasteiger partial charge in [0.1, 0.15) is 32.4 Å². The number of nitrogens with zero attached hydrogens (tertiary/aromatic N) is 6. The van der Waals surface area contributed by atoms with Gasteiger partial charge in [-0.1, -0.05) is 53.4 Å². The zero-order chi connectivity index (χ0) is 23.4. The molecule has 0 amide bonds. The highest BCUT2D eigenvalue weighted by atomic mass is 32.2. The van der Waals surface area contributed by atoms with E-state index in [1.165, 1.54) is 23.1 Å². The molecule has 0 radical (unpaired) electrons. The van der Waals surface area contributed by atoms with Gasteiger partial charge in [-0.25, -0.2) is 13.8 Å². The highest BCUT2D eigenvalue weighted by Crippen LogP contribution is 2.52. The first-order chi connectivity index (χ1) is 15.9. The Morgan fingerprint density at radius 3 is 2.70 bits per heavy atom. The van der Waals surface area contributed by atoms with Crippen molar-refractivity contribution >= 4 is 39.1 Å². The molecular weight excluding hydrogens is 464 g/mol. The number of amidine groups is 1. The molecule has 0 saturated heterocycles. The van der Waals surface area contributed by atoms with E-state index in [-0.39, 0.29) is 11.4 Å². The molecule has 2 N–H and O–H groups in total. The Bertz CT molecular complexity index is 1250. The average Bonchev–Trinajstić information content (AvgIpc) is 3.40. The lowest BCUT2D eigenvalue weighted by Gasteiger charge is -2.35. The predicted molar refractivity (Wildman–Crippen MR) is 127 cm³/mol. The summed E-state index contributed by atoms with van der Waals surface area (Å²) in [6, 6.07) is 13.0. The standard InChI is InChI=1S/C22H19F2N7S2/c1-14-28-29-21(32-14)31-22(15-6-3-2-4-7-15,11-5-8-19(26)27-13-25)33-20(30-31)17-12-16(23)9-10-18(17)24/h2-4,6-7,9-10,12H,5,8,11H2,1H3,(H2,26,27). The molecule has 0 spiro atoms. The van der Waals surface area contributed by atoms with Crippen LogP contribution < -0.4 is 10.7 Å². The first-order valence-corrected chi connectivity index (χ1v) is 11.7. The van der Waals surface area contributed by atoms with Crippen LogP contribution in [0.15, 0.2) is 58.6 Å². The van der Waals surface area contributed by atoms with Crippen LogP contribution in [-0.2, 0) is 4.87 Å². The van der Waals surface area contributed by atoms with Gasteiger partial charge in [-0.05, 0) is 43.5 Å². The van der Waals surface area contributed by atoms with Gasteiger partial charge in [0.2, 0.25) is 11.3 Å². The molecule has 168 valence electrons. The van der Waals surface area contributed by atoms with Crippen molar-refractivity contribution in [2.24, 2.45) is 15.8 Å². The molecule has 4 rings (SSSR count). The molecule has 1 aromatic heterocycles. The van der Waals surface area contributed by atoms with Crippen LogP contribution in [0.25, 0.3) is 0 Å². The van der Waals surface area contributed by atoms with Crippen LogP contribution in [0, 0.1) is 30.0 Å². The third-order valence-electron chi connectivity index (χ3n) is 5.02. The molecule has 0 saturated carbocycles. The van der Waals surface area contributed by atoms with Crippen molar-refractivity contribution < 1.29 is 8.78 Å². The summed E-state index contributed by atoms with van der Waals surface area (Å²) in [6.45, 7) is 1.84. The van der Waals surface area contributed by atoms with E-state index in [2.05, 4.69) is 15.2 Å². The molecule has 3 aromatic rings. The van der Waals surface area contributed by atoms with Gasteiger partial charge in [0.05, 0.1) is 0 Å². The molecule has 7 nitrogen and oxygen atoms in total. The van der Waals surface area contributed by atoms with Crippen LogP contribution in [0.2, 0.25) is 0 Å². The number of nitriles is 1. The number of thioether (sulfide) groups is 1. The van der Waals surface area contributed by atoms with Crippen LogP contribution in [0.5, 0.6) is 0 Å². The van der Waals surface area contributed by atoms with Crippen LogP contribution in [-0.4, -0.2) is 21.1 Å². The molecule has 2 heterocycles. The number of anilines is 1. The van der Waals surface area contributed by atoms with Gasteiger partial charge < -0.3 is 5.73 Å². The maximum Gasteiger partial charge on any atom is 0.230 e. The van der Waals surface area contributed by atoms with Gasteiger partial charge in [0, 0.05) is 12.0 Å². The van der Waals surface area contributed by atoms with Crippen molar-refractivity contribution in [1.29, 1.82) is 5.26 Å². The lowest BCUT2D eigenvalue weighted by atomic mass is 9.99. The molecule has 33 heavy (non-hydrogen) atoms. The monoisotopic (exact) mass is 483 g/mol. The highest BCUT2D eigenvalue weighted by Gasteiger charge is 2.47. The molecule has 1 aliphatic heterocycles. The largest absolute Gasteiger partial charge is 0.386 e. The summed E-state index contributed by atoms with van der Waals surface area (Å²) in [4.78, 5) is 2.78. The zero-order valence-corrected chi connectivity index (χ0v) is 19.2. The van der Waals surface area contributed by atoms with Crippen LogP contribution >= 0.6 is 23.1 Å². The third-order valence-corrected chi connectivity index (χ3v) is 7.28. The summed E-state index contributed by atoms with van der Waals surface area (Å²) in [5.74, 6) is -0.879. The van der Waals surface area contributed by atoms with Gasteiger partial charge in [0.25, 0.3) is 0 Å². The number of nitrogens with two attached hydrogens (primary N) is 1. The second-order valence-electron chi connectivity index (χ2n) is 7.25. The first kappa shape index (κ1) is 22.8. The summed E-state index contributed by atoms with van der Waals surface area (Å²) < 4.78 is 28.7. The SMILES string of the molecule is Cc1nnc(N2N=C(c3cc(F)ccc3F)SC2(CCC/C(N)=N/C#N)c2ccccc2)s1. The number of benzene rings is 2. The molecule has 1 atom stereocenters. The molecule has 0 aliphatic carbocycles. The summed E-state index contributed by atoms with van der Waals surface area (Å²) in [6.07, 6.45) is 3.18. The van der Waals surface area contributed by atoms with Gasteiger partial charge in [0.15, 0.2) is 0 Å². The summed E-state index contributed by atoms with van der Waals surface area (Å²) in [5.41, 5.74) is 6.81. The fourth-order valence-electron chi connectivity index (χ4n) is 3.54. The van der Waals surface area contributed by atoms with E-state index in [1.807, 2.05) is 37.3 Å². The van der Waals surface area contributed by atoms with Crippen molar-refractivity contribution in [3.8, 4) is 6.19 Å². The number of aryl methyl sites for hydroxylation is 1. The Hall–Kier alpha value is -3.36. The van der Waals surface area contributed by atoms with E-state index >= 15 is 0 Å². The van der Waals surface area contributed by atoms with Crippen molar-refractivity contribution in [3.63, 3.8) is 0 Å². The molecule has 1 aliphatic rings. The zero-order valence-electron chi connectivity index (χ0n) is 17.6. The maximum absolute atomic E-state index is 14.7. The smallest absolute Gasteiger partial charge is 0.230 e. The Labute approximate surface area is 197 Å². The average molecular weight is 484 g/mol. The van der Waals surface area contributed by atoms with Crippen LogP contribution in [0.3, 0.4) is 0 Å². The minimum atomic E-state index is -0.811. The number of aliphatic imine (C=N–C) groups is 1. The fraction of sp³-hybridized carbons (Fsp3) is 0.227. The highest BCUT2D eigenvalue weighted by molar-refractivity contribution is 8.15. The molecule has 0 bridgehead atoms. The van der Waals surface area contributed by atoms with E-state index in [0.717, 1.165) is 28.8 Å². The second kappa shape index (κ2) is 9.64. The molecule has 11 heteroatoms. The Morgan fingerprint density at radius 2 is 2.00 bits per heavy atom. The predicted octanol–water partition coefficient (Wildman–Crippen LogP) is 4.90. The van der Waals surface area contributed by atoms with Crippen LogP contribution in [0.1, 0.15) is 35.4 Å². The number of hydrazone groups is 1. The van der Waals surface area contributed by atoms with Crippen molar-refractivity contribution in [3.05, 3.63) is 76.3 Å². The molecular formula is C22H19F2N7S2. The molecule has 1 unspecified atom stereocenters. The first-order valence-electron chi connectivity index (χ1n) is 10.0. The number of halogens is 2. The lowest BCUT2D eigenvalue weighted by Crippen LogP contribution is -2.37. The normalized spacial score (nSPS) is 18.3. The van der Waals surface area contributed by atoms with Crippen LogP contribution in [0.4, 0.5) is 13.9 Å². The van der Waals surface area contributed by atoms with Gasteiger partial charge in [-0.2, -0.15) is 15.4 Å². The van der Waals surface area contributed by atoms with E-state index in [9.17, 15) is 8.78 Å². The fourth-order valence-corrected chi connectivity index (χ4v) is 5.74. The number of aromatic nitrogens is 2. The van der Waals surface area contributed by atoms with Gasteiger partial charge in [-0.15, -0.1) is 10.2 Å². The minimum Gasteiger partial charge on any atom is -0.386 e. The second-order valence-corrected chi connectivity index (χ2v) is 9.68. The summed E-state index contributed by atoms with van der Waals surface area (Å²) >= 11 is 2.69.